The van der Waals surface area contributed by atoms with E-state index in [1.165, 1.54) is 12.5 Å². The Bertz CT molecular complexity index is 603. The number of carbonyl (C=O) groups is 1. The maximum atomic E-state index is 12.1. The van der Waals surface area contributed by atoms with E-state index >= 15 is 0 Å². The summed E-state index contributed by atoms with van der Waals surface area (Å²) in [7, 11) is 0. The maximum absolute atomic E-state index is 12.1. The fraction of sp³-hybridized carbons (Fsp3) is 0.571. The summed E-state index contributed by atoms with van der Waals surface area (Å²) in [5.41, 5.74) is 0.763. The van der Waals surface area contributed by atoms with Gasteiger partial charge in [0.1, 0.15) is 11.9 Å². The second-order valence-corrected chi connectivity index (χ2v) is 6.17. The van der Waals surface area contributed by atoms with Crippen LogP contribution in [-0.2, 0) is 9.53 Å². The van der Waals surface area contributed by atoms with Crippen LogP contribution in [0, 0.1) is 0 Å². The molecule has 0 aliphatic heterocycles. The summed E-state index contributed by atoms with van der Waals surface area (Å²) in [5, 5.41) is 0. The molecule has 2 rings (SSSR count). The van der Waals surface area contributed by atoms with E-state index in [-0.39, 0.29) is 12.1 Å². The van der Waals surface area contributed by atoms with Crippen molar-refractivity contribution >= 4 is 12.0 Å². The molecule has 0 unspecified atom stereocenters. The van der Waals surface area contributed by atoms with Gasteiger partial charge in [0.05, 0.1) is 19.8 Å². The number of hydrogen-bond acceptors (Lipinski definition) is 5. The predicted molar refractivity (Wildman–Crippen MR) is 102 cm³/mol. The van der Waals surface area contributed by atoms with Gasteiger partial charge >= 0.3 is 5.97 Å². The molecular formula is C21H30O5. The van der Waals surface area contributed by atoms with Crippen LogP contribution < -0.4 is 14.2 Å². The molecule has 0 amide bonds. The third-order valence-corrected chi connectivity index (χ3v) is 4.21. The summed E-state index contributed by atoms with van der Waals surface area (Å²) < 4.78 is 22.5. The Morgan fingerprint density at radius 2 is 1.50 bits per heavy atom. The van der Waals surface area contributed by atoms with Gasteiger partial charge in [0.25, 0.3) is 0 Å². The molecule has 0 saturated heterocycles. The highest BCUT2D eigenvalue weighted by atomic mass is 16.5. The summed E-state index contributed by atoms with van der Waals surface area (Å²) >= 11 is 0. The van der Waals surface area contributed by atoms with Crippen LogP contribution in [0.15, 0.2) is 18.2 Å². The first kappa shape index (κ1) is 20.1. The van der Waals surface area contributed by atoms with Gasteiger partial charge in [-0.2, -0.15) is 0 Å². The van der Waals surface area contributed by atoms with Gasteiger partial charge in [0.15, 0.2) is 11.5 Å². The number of esters is 1. The van der Waals surface area contributed by atoms with E-state index in [0.29, 0.717) is 37.1 Å². The first-order valence-corrected chi connectivity index (χ1v) is 9.63. The average molecular weight is 362 g/mol. The van der Waals surface area contributed by atoms with E-state index < -0.39 is 0 Å². The van der Waals surface area contributed by atoms with Gasteiger partial charge in [-0.25, -0.2) is 4.79 Å². The minimum atomic E-state index is -0.314. The molecule has 5 heteroatoms. The van der Waals surface area contributed by atoms with Crippen molar-refractivity contribution in [1.29, 1.82) is 0 Å². The fourth-order valence-electron chi connectivity index (χ4n) is 3.05. The third kappa shape index (κ3) is 5.97. The number of rotatable bonds is 9. The van der Waals surface area contributed by atoms with Crippen LogP contribution in [0.3, 0.4) is 0 Å². The molecule has 1 aromatic rings. The van der Waals surface area contributed by atoms with Crippen LogP contribution in [0.4, 0.5) is 0 Å². The Labute approximate surface area is 156 Å². The molecular weight excluding hydrogens is 332 g/mol. The minimum absolute atomic E-state index is 0.0478. The molecule has 1 aliphatic carbocycles. The zero-order valence-corrected chi connectivity index (χ0v) is 16.1. The van der Waals surface area contributed by atoms with Gasteiger partial charge in [0, 0.05) is 17.7 Å². The van der Waals surface area contributed by atoms with Gasteiger partial charge in [-0.1, -0.05) is 6.42 Å². The molecule has 1 saturated carbocycles. The molecule has 0 atom stereocenters. The molecule has 1 aliphatic rings. The maximum Gasteiger partial charge on any atom is 0.331 e. The predicted octanol–water partition coefficient (Wildman–Crippen LogP) is 4.77. The fourth-order valence-corrected chi connectivity index (χ4v) is 3.05. The summed E-state index contributed by atoms with van der Waals surface area (Å²) in [6.45, 7) is 7.35. The summed E-state index contributed by atoms with van der Waals surface area (Å²) in [5.74, 6) is 1.62. The lowest BCUT2D eigenvalue weighted by Gasteiger charge is -2.21. The van der Waals surface area contributed by atoms with E-state index in [0.717, 1.165) is 31.2 Å². The zero-order chi connectivity index (χ0) is 18.8. The molecule has 5 nitrogen and oxygen atoms in total. The second kappa shape index (κ2) is 10.7. The Hall–Kier alpha value is -2.17. The lowest BCUT2D eigenvalue weighted by Crippen LogP contribution is -2.19. The van der Waals surface area contributed by atoms with E-state index in [9.17, 15) is 4.79 Å². The molecule has 0 heterocycles. The molecule has 0 radical (unpaired) electrons. The Balaban J connectivity index is 2.16. The summed E-state index contributed by atoms with van der Waals surface area (Å²) in [6.07, 6.45) is 8.64. The van der Waals surface area contributed by atoms with Crippen molar-refractivity contribution < 1.29 is 23.7 Å². The van der Waals surface area contributed by atoms with Crippen molar-refractivity contribution in [2.24, 2.45) is 0 Å². The van der Waals surface area contributed by atoms with Crippen molar-refractivity contribution in [3.05, 3.63) is 23.8 Å². The first-order chi connectivity index (χ1) is 12.7. The SMILES string of the molecule is CCOc1cc(OCC)c(OCC)cc1C=CC(=O)OC1CCCCC1. The van der Waals surface area contributed by atoms with Gasteiger partial charge in [-0.15, -0.1) is 0 Å². The molecule has 0 spiro atoms. The van der Waals surface area contributed by atoms with Crippen molar-refractivity contribution in [2.45, 2.75) is 59.0 Å². The van der Waals surface area contributed by atoms with Gasteiger partial charge in [-0.3, -0.25) is 0 Å². The smallest absolute Gasteiger partial charge is 0.331 e. The van der Waals surface area contributed by atoms with Crippen molar-refractivity contribution in [1.82, 2.24) is 0 Å². The Morgan fingerprint density at radius 1 is 0.923 bits per heavy atom. The van der Waals surface area contributed by atoms with Crippen LogP contribution in [0.1, 0.15) is 58.4 Å². The highest BCUT2D eigenvalue weighted by Crippen LogP contribution is 2.36. The topological polar surface area (TPSA) is 54.0 Å². The number of hydrogen-bond donors (Lipinski definition) is 0. The van der Waals surface area contributed by atoms with Crippen LogP contribution in [0.25, 0.3) is 6.08 Å². The van der Waals surface area contributed by atoms with E-state index in [1.807, 2.05) is 32.9 Å². The van der Waals surface area contributed by atoms with Gasteiger partial charge in [-0.05, 0) is 58.6 Å². The van der Waals surface area contributed by atoms with Gasteiger partial charge < -0.3 is 18.9 Å². The molecule has 26 heavy (non-hydrogen) atoms. The van der Waals surface area contributed by atoms with Crippen molar-refractivity contribution in [2.75, 3.05) is 19.8 Å². The van der Waals surface area contributed by atoms with Gasteiger partial charge in [0.2, 0.25) is 0 Å². The largest absolute Gasteiger partial charge is 0.493 e. The van der Waals surface area contributed by atoms with Crippen LogP contribution in [0.5, 0.6) is 17.2 Å². The standard InChI is InChI=1S/C21H30O5/c1-4-23-18-15-20(25-6-3)19(24-5-2)14-16(18)12-13-21(22)26-17-10-8-7-9-11-17/h12-15,17H,4-11H2,1-3H3. The normalized spacial score (nSPS) is 15.0. The lowest BCUT2D eigenvalue weighted by atomic mass is 9.98. The molecule has 144 valence electrons. The van der Waals surface area contributed by atoms with E-state index in [4.69, 9.17) is 18.9 Å². The molecule has 1 aromatic carbocycles. The van der Waals surface area contributed by atoms with Crippen molar-refractivity contribution in [3.8, 4) is 17.2 Å². The Kier molecular flexibility index (Phi) is 8.32. The Morgan fingerprint density at radius 3 is 2.12 bits per heavy atom. The lowest BCUT2D eigenvalue weighted by molar-refractivity contribution is -0.144. The molecule has 0 aromatic heterocycles. The number of benzene rings is 1. The summed E-state index contributed by atoms with van der Waals surface area (Å²) in [6, 6.07) is 3.65. The quantitative estimate of drug-likeness (QED) is 0.468. The second-order valence-electron chi connectivity index (χ2n) is 6.17. The van der Waals surface area contributed by atoms with E-state index in [1.54, 1.807) is 6.08 Å². The molecule has 0 N–H and O–H groups in total. The zero-order valence-electron chi connectivity index (χ0n) is 16.1. The third-order valence-electron chi connectivity index (χ3n) is 4.21. The number of carbonyl (C=O) groups excluding carboxylic acids is 1. The molecule has 0 bridgehead atoms. The first-order valence-electron chi connectivity index (χ1n) is 9.63. The summed E-state index contributed by atoms with van der Waals surface area (Å²) in [4.78, 5) is 12.1. The van der Waals surface area contributed by atoms with Crippen LogP contribution in [-0.4, -0.2) is 31.9 Å². The highest BCUT2D eigenvalue weighted by molar-refractivity contribution is 5.88. The number of ether oxygens (including phenoxy) is 4. The molecule has 1 fully saturated rings. The van der Waals surface area contributed by atoms with Crippen molar-refractivity contribution in [3.63, 3.8) is 0 Å². The van der Waals surface area contributed by atoms with Crippen LogP contribution in [0.2, 0.25) is 0 Å². The van der Waals surface area contributed by atoms with Crippen LogP contribution >= 0.6 is 0 Å². The monoisotopic (exact) mass is 362 g/mol. The van der Waals surface area contributed by atoms with E-state index in [2.05, 4.69) is 0 Å². The minimum Gasteiger partial charge on any atom is -0.493 e. The average Bonchev–Trinajstić information content (AvgIpc) is 2.64. The highest BCUT2D eigenvalue weighted by Gasteiger charge is 2.17.